The van der Waals surface area contributed by atoms with E-state index in [2.05, 4.69) is 28.7 Å². The van der Waals surface area contributed by atoms with Gasteiger partial charge in [0.2, 0.25) is 0 Å². The molecule has 0 N–H and O–H groups in total. The smallest absolute Gasteiger partial charge is 0.341 e. The van der Waals surface area contributed by atoms with E-state index in [-0.39, 0.29) is 5.97 Å². The van der Waals surface area contributed by atoms with Gasteiger partial charge in [0.15, 0.2) is 0 Å². The van der Waals surface area contributed by atoms with Gasteiger partial charge >= 0.3 is 5.97 Å². The van der Waals surface area contributed by atoms with Crippen molar-refractivity contribution >= 4 is 5.97 Å². The SMILES string of the molecule is CCOC(=O)c1cnc(CCN(CC)CC)nc1C. The topological polar surface area (TPSA) is 55.3 Å². The van der Waals surface area contributed by atoms with E-state index < -0.39 is 0 Å². The van der Waals surface area contributed by atoms with Crippen LogP contribution in [0.1, 0.15) is 42.6 Å². The van der Waals surface area contributed by atoms with Crippen LogP contribution in [0.4, 0.5) is 0 Å². The van der Waals surface area contributed by atoms with Gasteiger partial charge in [-0.05, 0) is 26.9 Å². The van der Waals surface area contributed by atoms with Crippen LogP contribution >= 0.6 is 0 Å². The zero-order valence-electron chi connectivity index (χ0n) is 12.3. The lowest BCUT2D eigenvalue weighted by Crippen LogP contribution is -2.26. The molecule has 0 bridgehead atoms. The van der Waals surface area contributed by atoms with Gasteiger partial charge in [0.1, 0.15) is 5.82 Å². The maximum atomic E-state index is 11.6. The van der Waals surface area contributed by atoms with Gasteiger partial charge in [0, 0.05) is 19.2 Å². The molecule has 5 heteroatoms. The molecule has 0 amide bonds. The van der Waals surface area contributed by atoms with Gasteiger partial charge in [-0.3, -0.25) is 0 Å². The lowest BCUT2D eigenvalue weighted by atomic mass is 10.2. The van der Waals surface area contributed by atoms with Crippen molar-refractivity contribution in [1.29, 1.82) is 0 Å². The van der Waals surface area contributed by atoms with Crippen LogP contribution in [0.25, 0.3) is 0 Å². The largest absolute Gasteiger partial charge is 0.462 e. The zero-order chi connectivity index (χ0) is 14.3. The van der Waals surface area contributed by atoms with E-state index in [0.29, 0.717) is 17.9 Å². The van der Waals surface area contributed by atoms with Crippen molar-refractivity contribution in [2.75, 3.05) is 26.2 Å². The van der Waals surface area contributed by atoms with Crippen molar-refractivity contribution < 1.29 is 9.53 Å². The fourth-order valence-electron chi connectivity index (χ4n) is 1.84. The molecular formula is C14H23N3O2. The second-order valence-electron chi connectivity index (χ2n) is 4.28. The number of esters is 1. The van der Waals surface area contributed by atoms with E-state index in [1.807, 2.05) is 6.92 Å². The first kappa shape index (κ1) is 15.6. The first-order valence-electron chi connectivity index (χ1n) is 6.84. The highest BCUT2D eigenvalue weighted by Crippen LogP contribution is 2.07. The molecule has 0 unspecified atom stereocenters. The summed E-state index contributed by atoms with van der Waals surface area (Å²) in [6, 6.07) is 0. The average molecular weight is 265 g/mol. The summed E-state index contributed by atoms with van der Waals surface area (Å²) in [5.74, 6) is 0.424. The van der Waals surface area contributed by atoms with Crippen molar-refractivity contribution in [3.8, 4) is 0 Å². The summed E-state index contributed by atoms with van der Waals surface area (Å²) in [5.41, 5.74) is 1.14. The Morgan fingerprint density at radius 1 is 1.32 bits per heavy atom. The molecule has 1 aromatic rings. The summed E-state index contributed by atoms with van der Waals surface area (Å²) < 4.78 is 4.95. The van der Waals surface area contributed by atoms with Gasteiger partial charge in [-0.1, -0.05) is 13.8 Å². The molecule has 1 rings (SSSR count). The predicted octanol–water partition coefficient (Wildman–Crippen LogP) is 1.85. The highest BCUT2D eigenvalue weighted by atomic mass is 16.5. The molecule has 1 heterocycles. The molecule has 5 nitrogen and oxygen atoms in total. The van der Waals surface area contributed by atoms with E-state index in [9.17, 15) is 4.79 Å². The molecule has 1 aromatic heterocycles. The van der Waals surface area contributed by atoms with Crippen molar-refractivity contribution in [3.63, 3.8) is 0 Å². The number of likely N-dealkylation sites (N-methyl/N-ethyl adjacent to an activating group) is 1. The Bertz CT molecular complexity index is 417. The lowest BCUT2D eigenvalue weighted by molar-refractivity contribution is 0.0524. The summed E-state index contributed by atoms with van der Waals surface area (Å²) in [6.45, 7) is 11.2. The Labute approximate surface area is 115 Å². The average Bonchev–Trinajstić information content (AvgIpc) is 2.40. The van der Waals surface area contributed by atoms with E-state index in [0.717, 1.165) is 31.9 Å². The summed E-state index contributed by atoms with van der Waals surface area (Å²) in [6.07, 6.45) is 2.36. The molecular weight excluding hydrogens is 242 g/mol. The Morgan fingerprint density at radius 3 is 2.53 bits per heavy atom. The Balaban J connectivity index is 2.68. The first-order chi connectivity index (χ1) is 9.12. The number of ether oxygens (including phenoxy) is 1. The van der Waals surface area contributed by atoms with Crippen LogP contribution in [0.2, 0.25) is 0 Å². The maximum Gasteiger partial charge on any atom is 0.341 e. The van der Waals surface area contributed by atoms with Crippen molar-refractivity contribution in [1.82, 2.24) is 14.9 Å². The number of carbonyl (C=O) groups excluding carboxylic acids is 1. The maximum absolute atomic E-state index is 11.6. The van der Waals surface area contributed by atoms with Crippen LogP contribution < -0.4 is 0 Å². The number of nitrogens with zero attached hydrogens (tertiary/aromatic N) is 3. The van der Waals surface area contributed by atoms with Crippen LogP contribution in [0.3, 0.4) is 0 Å². The first-order valence-corrected chi connectivity index (χ1v) is 6.84. The van der Waals surface area contributed by atoms with Gasteiger partial charge in [-0.2, -0.15) is 0 Å². The fourth-order valence-corrected chi connectivity index (χ4v) is 1.84. The molecule has 0 radical (unpaired) electrons. The summed E-state index contributed by atoms with van der Waals surface area (Å²) in [4.78, 5) is 22.6. The van der Waals surface area contributed by atoms with Gasteiger partial charge in [-0.25, -0.2) is 14.8 Å². The standard InChI is InChI=1S/C14H23N3O2/c1-5-17(6-2)9-8-13-15-10-12(11(4)16-13)14(18)19-7-3/h10H,5-9H2,1-4H3. The molecule has 0 aromatic carbocycles. The molecule has 0 atom stereocenters. The minimum absolute atomic E-state index is 0.352. The number of hydrogen-bond acceptors (Lipinski definition) is 5. The third-order valence-electron chi connectivity index (χ3n) is 3.07. The van der Waals surface area contributed by atoms with Crippen LogP contribution in [0, 0.1) is 6.92 Å². The number of aryl methyl sites for hydroxylation is 1. The molecule has 0 saturated heterocycles. The molecule has 0 spiro atoms. The van der Waals surface area contributed by atoms with Gasteiger partial charge in [0.05, 0.1) is 17.9 Å². The van der Waals surface area contributed by atoms with Crippen LogP contribution in [0.15, 0.2) is 6.20 Å². The molecule has 0 aliphatic heterocycles. The van der Waals surface area contributed by atoms with Gasteiger partial charge in [-0.15, -0.1) is 0 Å². The molecule has 0 saturated carbocycles. The Kier molecular flexibility index (Phi) is 6.42. The van der Waals surface area contributed by atoms with E-state index in [4.69, 9.17) is 4.74 Å². The third-order valence-corrected chi connectivity index (χ3v) is 3.07. The van der Waals surface area contributed by atoms with E-state index in [1.165, 1.54) is 0 Å². The Hall–Kier alpha value is -1.49. The van der Waals surface area contributed by atoms with Crippen molar-refractivity contribution in [2.24, 2.45) is 0 Å². The second-order valence-corrected chi connectivity index (χ2v) is 4.28. The Morgan fingerprint density at radius 2 is 2.00 bits per heavy atom. The normalized spacial score (nSPS) is 10.8. The van der Waals surface area contributed by atoms with E-state index in [1.54, 1.807) is 13.1 Å². The third kappa shape index (κ3) is 4.59. The molecule has 19 heavy (non-hydrogen) atoms. The fraction of sp³-hybridized carbons (Fsp3) is 0.643. The monoisotopic (exact) mass is 265 g/mol. The molecule has 0 aliphatic rings. The minimum atomic E-state index is -0.352. The van der Waals surface area contributed by atoms with Gasteiger partial charge < -0.3 is 9.64 Å². The van der Waals surface area contributed by atoms with Crippen LogP contribution in [0.5, 0.6) is 0 Å². The predicted molar refractivity (Wildman–Crippen MR) is 74.2 cm³/mol. The van der Waals surface area contributed by atoms with Crippen molar-refractivity contribution in [2.45, 2.75) is 34.1 Å². The quantitative estimate of drug-likeness (QED) is 0.704. The van der Waals surface area contributed by atoms with Crippen LogP contribution in [-0.4, -0.2) is 47.1 Å². The minimum Gasteiger partial charge on any atom is -0.462 e. The molecule has 0 fully saturated rings. The number of hydrogen-bond donors (Lipinski definition) is 0. The van der Waals surface area contributed by atoms with E-state index >= 15 is 0 Å². The second kappa shape index (κ2) is 7.84. The number of aromatic nitrogens is 2. The molecule has 0 aliphatic carbocycles. The highest BCUT2D eigenvalue weighted by molar-refractivity contribution is 5.90. The summed E-state index contributed by atoms with van der Waals surface area (Å²) in [5, 5.41) is 0. The lowest BCUT2D eigenvalue weighted by Gasteiger charge is -2.17. The number of carbonyl (C=O) groups is 1. The van der Waals surface area contributed by atoms with Crippen LogP contribution in [-0.2, 0) is 11.2 Å². The van der Waals surface area contributed by atoms with Gasteiger partial charge in [0.25, 0.3) is 0 Å². The summed E-state index contributed by atoms with van der Waals surface area (Å²) in [7, 11) is 0. The molecule has 106 valence electrons. The highest BCUT2D eigenvalue weighted by Gasteiger charge is 2.12. The number of rotatable bonds is 7. The summed E-state index contributed by atoms with van der Waals surface area (Å²) >= 11 is 0. The van der Waals surface area contributed by atoms with Crippen molar-refractivity contribution in [3.05, 3.63) is 23.3 Å². The zero-order valence-corrected chi connectivity index (χ0v) is 12.3.